The Kier molecular flexibility index (Phi) is 5.64. The number of phenols is 1. The Labute approximate surface area is 90.2 Å². The van der Waals surface area contributed by atoms with E-state index >= 15 is 0 Å². The van der Waals surface area contributed by atoms with Gasteiger partial charge in [0.25, 0.3) is 5.69 Å². The Balaban J connectivity index is 0. The first kappa shape index (κ1) is 16.2. The Morgan fingerprint density at radius 2 is 1.62 bits per heavy atom. The summed E-state index contributed by atoms with van der Waals surface area (Å²) < 4.78 is 0. The molecule has 0 aliphatic heterocycles. The third-order valence-corrected chi connectivity index (χ3v) is 1.67. The van der Waals surface area contributed by atoms with Gasteiger partial charge in [0, 0.05) is 11.6 Å². The van der Waals surface area contributed by atoms with E-state index in [-0.39, 0.29) is 17.9 Å². The van der Waals surface area contributed by atoms with Crippen LogP contribution in [0.4, 0.5) is 11.4 Å². The van der Waals surface area contributed by atoms with Gasteiger partial charge in [0.1, 0.15) is 0 Å². The van der Waals surface area contributed by atoms with Crippen LogP contribution in [0, 0.1) is 27.2 Å². The molecule has 0 aliphatic rings. The molecule has 0 spiro atoms. The number of benzene rings is 1. The minimum atomic E-state index is -0.866. The summed E-state index contributed by atoms with van der Waals surface area (Å²) in [5.41, 5.74) is -0.963. The molecule has 0 heterocycles. The van der Waals surface area contributed by atoms with Gasteiger partial charge in [-0.3, -0.25) is 20.2 Å². The molecule has 0 bridgehead atoms. The molecule has 7 N–H and O–H groups in total. The molecule has 9 heteroatoms. The van der Waals surface area contributed by atoms with E-state index in [0.29, 0.717) is 0 Å². The van der Waals surface area contributed by atoms with Crippen LogP contribution in [0.3, 0.4) is 0 Å². The SMILES string of the molecule is Cc1cc([N+](=O)[O-])cc([N+](=O)[O-])c1O.N.N. The zero-order valence-electron chi connectivity index (χ0n) is 8.54. The van der Waals surface area contributed by atoms with Crippen LogP contribution in [0.2, 0.25) is 0 Å². The van der Waals surface area contributed by atoms with Crippen LogP contribution >= 0.6 is 0 Å². The second-order valence-corrected chi connectivity index (χ2v) is 2.64. The van der Waals surface area contributed by atoms with Crippen LogP contribution < -0.4 is 12.3 Å². The number of phenolic OH excluding ortho intramolecular Hbond substituents is 1. The molecule has 0 amide bonds. The van der Waals surface area contributed by atoms with E-state index in [0.717, 1.165) is 12.1 Å². The summed E-state index contributed by atoms with van der Waals surface area (Å²) in [5.74, 6) is -0.541. The first-order valence-electron chi connectivity index (χ1n) is 3.56. The predicted octanol–water partition coefficient (Wildman–Crippen LogP) is 1.84. The van der Waals surface area contributed by atoms with Gasteiger partial charge in [0.05, 0.1) is 15.9 Å². The average Bonchev–Trinajstić information content (AvgIpc) is 2.08. The lowest BCUT2D eigenvalue weighted by Gasteiger charge is -1.99. The lowest BCUT2D eigenvalue weighted by Crippen LogP contribution is -1.94. The number of nitro benzene ring substituents is 2. The van der Waals surface area contributed by atoms with Crippen molar-refractivity contribution in [2.45, 2.75) is 6.92 Å². The lowest BCUT2D eigenvalue weighted by atomic mass is 10.1. The van der Waals surface area contributed by atoms with Gasteiger partial charge in [0.2, 0.25) is 0 Å². The van der Waals surface area contributed by atoms with Gasteiger partial charge in [0.15, 0.2) is 5.75 Å². The largest absolute Gasteiger partial charge is 0.502 e. The standard InChI is InChI=1S/C7H6N2O5.2H3N/c1-4-2-5(8(11)12)3-6(7(4)10)9(13)14;;/h2-3,10H,1H3;2*1H3. The van der Waals surface area contributed by atoms with Crippen molar-refractivity contribution < 1.29 is 15.0 Å². The van der Waals surface area contributed by atoms with Crippen LogP contribution in [0.1, 0.15) is 5.56 Å². The molecule has 16 heavy (non-hydrogen) atoms. The smallest absolute Gasteiger partial charge is 0.317 e. The Bertz CT molecular complexity index is 419. The maximum atomic E-state index is 10.4. The molecular weight excluding hydrogens is 220 g/mol. The Hall–Kier alpha value is -2.26. The second-order valence-electron chi connectivity index (χ2n) is 2.64. The predicted molar refractivity (Wildman–Crippen MR) is 56.2 cm³/mol. The minimum Gasteiger partial charge on any atom is -0.502 e. The Morgan fingerprint density at radius 1 is 1.12 bits per heavy atom. The molecular formula is C7H12N4O5. The zero-order chi connectivity index (χ0) is 10.9. The van der Waals surface area contributed by atoms with Gasteiger partial charge in [-0.25, -0.2) is 0 Å². The zero-order valence-corrected chi connectivity index (χ0v) is 8.54. The molecule has 0 radical (unpaired) electrons. The topological polar surface area (TPSA) is 177 Å². The number of hydrogen-bond acceptors (Lipinski definition) is 7. The summed E-state index contributed by atoms with van der Waals surface area (Å²) in [6, 6.07) is 1.80. The summed E-state index contributed by atoms with van der Waals surface area (Å²) >= 11 is 0. The van der Waals surface area contributed by atoms with E-state index in [4.69, 9.17) is 0 Å². The van der Waals surface area contributed by atoms with Crippen molar-refractivity contribution in [1.82, 2.24) is 12.3 Å². The summed E-state index contributed by atoms with van der Waals surface area (Å²) in [4.78, 5) is 19.1. The number of aryl methyl sites for hydroxylation is 1. The molecule has 90 valence electrons. The highest BCUT2D eigenvalue weighted by atomic mass is 16.6. The van der Waals surface area contributed by atoms with Crippen LogP contribution in [-0.2, 0) is 0 Å². The number of nitro groups is 2. The fourth-order valence-corrected chi connectivity index (χ4v) is 0.987. The molecule has 0 aliphatic carbocycles. The second kappa shape index (κ2) is 5.58. The van der Waals surface area contributed by atoms with Gasteiger partial charge in [-0.15, -0.1) is 0 Å². The maximum Gasteiger partial charge on any atom is 0.317 e. The number of aromatic hydroxyl groups is 1. The number of non-ortho nitro benzene ring substituents is 1. The molecule has 0 saturated carbocycles. The molecule has 0 aromatic heterocycles. The monoisotopic (exact) mass is 232 g/mol. The highest BCUT2D eigenvalue weighted by Crippen LogP contribution is 2.33. The minimum absolute atomic E-state index is 0. The van der Waals surface area contributed by atoms with Crippen molar-refractivity contribution in [1.29, 1.82) is 0 Å². The van der Waals surface area contributed by atoms with Gasteiger partial charge in [-0.05, 0) is 6.92 Å². The van der Waals surface area contributed by atoms with Crippen molar-refractivity contribution in [2.24, 2.45) is 0 Å². The number of rotatable bonds is 2. The lowest BCUT2D eigenvalue weighted by molar-refractivity contribution is -0.394. The normalized spacial score (nSPS) is 8.56. The number of nitrogens with zero attached hydrogens (tertiary/aromatic N) is 2. The Morgan fingerprint density at radius 3 is 2.00 bits per heavy atom. The highest BCUT2D eigenvalue weighted by Gasteiger charge is 2.21. The van der Waals surface area contributed by atoms with Crippen molar-refractivity contribution in [3.63, 3.8) is 0 Å². The van der Waals surface area contributed by atoms with Gasteiger partial charge in [-0.2, -0.15) is 0 Å². The van der Waals surface area contributed by atoms with E-state index < -0.39 is 27.0 Å². The molecule has 0 unspecified atom stereocenters. The van der Waals surface area contributed by atoms with Gasteiger partial charge >= 0.3 is 5.69 Å². The molecule has 1 aromatic rings. The van der Waals surface area contributed by atoms with Crippen molar-refractivity contribution in [3.05, 3.63) is 37.9 Å². The maximum absolute atomic E-state index is 10.4. The van der Waals surface area contributed by atoms with E-state index in [1.54, 1.807) is 0 Å². The van der Waals surface area contributed by atoms with E-state index in [1.807, 2.05) is 0 Å². The van der Waals surface area contributed by atoms with E-state index in [1.165, 1.54) is 6.92 Å². The fraction of sp³-hybridized carbons (Fsp3) is 0.143. The van der Waals surface area contributed by atoms with Gasteiger partial charge < -0.3 is 17.4 Å². The molecule has 0 fully saturated rings. The first-order chi connectivity index (χ1) is 6.43. The van der Waals surface area contributed by atoms with Gasteiger partial charge in [-0.1, -0.05) is 0 Å². The van der Waals surface area contributed by atoms with Crippen LogP contribution in [-0.4, -0.2) is 15.0 Å². The van der Waals surface area contributed by atoms with Crippen molar-refractivity contribution >= 4 is 11.4 Å². The first-order valence-corrected chi connectivity index (χ1v) is 3.56. The summed E-state index contributed by atoms with van der Waals surface area (Å²) in [6.07, 6.45) is 0. The molecule has 1 aromatic carbocycles. The quantitative estimate of drug-likeness (QED) is 0.514. The highest BCUT2D eigenvalue weighted by molar-refractivity contribution is 5.57. The molecule has 0 saturated heterocycles. The fourth-order valence-electron chi connectivity index (χ4n) is 0.987. The third-order valence-electron chi connectivity index (χ3n) is 1.67. The van der Waals surface area contributed by atoms with Crippen LogP contribution in [0.15, 0.2) is 12.1 Å². The van der Waals surface area contributed by atoms with Crippen molar-refractivity contribution in [3.8, 4) is 5.75 Å². The van der Waals surface area contributed by atoms with E-state index in [2.05, 4.69) is 0 Å². The summed E-state index contributed by atoms with van der Waals surface area (Å²) in [6.45, 7) is 1.36. The van der Waals surface area contributed by atoms with Crippen molar-refractivity contribution in [2.75, 3.05) is 0 Å². The summed E-state index contributed by atoms with van der Waals surface area (Å²) in [5, 5.41) is 29.9. The van der Waals surface area contributed by atoms with Crippen LogP contribution in [0.5, 0.6) is 5.75 Å². The van der Waals surface area contributed by atoms with E-state index in [9.17, 15) is 25.3 Å². The third kappa shape index (κ3) is 2.87. The average molecular weight is 232 g/mol. The molecule has 0 atom stereocenters. The van der Waals surface area contributed by atoms with Crippen LogP contribution in [0.25, 0.3) is 0 Å². The molecule has 1 rings (SSSR count). The summed E-state index contributed by atoms with van der Waals surface area (Å²) in [7, 11) is 0. The molecule has 9 nitrogen and oxygen atoms in total. The number of hydrogen-bond donors (Lipinski definition) is 3.